The number of nitrogens with zero attached hydrogens (tertiary/aromatic N) is 3. The molecule has 1 aromatic rings. The number of aryl methyl sites for hydroxylation is 1. The van der Waals surface area contributed by atoms with E-state index < -0.39 is 0 Å². The molecule has 1 saturated heterocycles. The van der Waals surface area contributed by atoms with E-state index in [-0.39, 0.29) is 0 Å². The maximum atomic E-state index is 4.78. The molecular weight excluding hydrogens is 260 g/mol. The van der Waals surface area contributed by atoms with Gasteiger partial charge in [0.05, 0.1) is 0 Å². The van der Waals surface area contributed by atoms with Crippen LogP contribution < -0.4 is 10.2 Å². The van der Waals surface area contributed by atoms with Crippen molar-refractivity contribution in [2.45, 2.75) is 53.9 Å². The van der Waals surface area contributed by atoms with Crippen LogP contribution >= 0.6 is 0 Å². The highest BCUT2D eigenvalue weighted by molar-refractivity contribution is 5.50. The van der Waals surface area contributed by atoms with E-state index in [1.54, 1.807) is 0 Å². The molecule has 1 N–H and O–H groups in total. The molecule has 0 amide bonds. The Morgan fingerprint density at radius 3 is 2.62 bits per heavy atom. The Labute approximate surface area is 129 Å². The first kappa shape index (κ1) is 16.1. The van der Waals surface area contributed by atoms with Gasteiger partial charge in [-0.2, -0.15) is 0 Å². The molecule has 0 radical (unpaired) electrons. The van der Waals surface area contributed by atoms with Gasteiger partial charge in [-0.3, -0.25) is 0 Å². The van der Waals surface area contributed by atoms with Crippen molar-refractivity contribution in [1.29, 1.82) is 0 Å². The molecule has 0 spiro atoms. The fraction of sp³-hybridized carbons (Fsp3) is 0.765. The second-order valence-electron chi connectivity index (χ2n) is 7.11. The summed E-state index contributed by atoms with van der Waals surface area (Å²) in [6.45, 7) is 14.4. The van der Waals surface area contributed by atoms with Crippen LogP contribution in [0.5, 0.6) is 0 Å². The molecule has 118 valence electrons. The van der Waals surface area contributed by atoms with E-state index in [0.29, 0.717) is 5.41 Å². The van der Waals surface area contributed by atoms with E-state index in [0.717, 1.165) is 55.9 Å². The summed E-state index contributed by atoms with van der Waals surface area (Å²) < 4.78 is 0. The molecule has 0 aromatic carbocycles. The lowest BCUT2D eigenvalue weighted by Gasteiger charge is -2.27. The van der Waals surface area contributed by atoms with Crippen LogP contribution in [0, 0.1) is 11.3 Å². The van der Waals surface area contributed by atoms with Gasteiger partial charge in [-0.15, -0.1) is 0 Å². The molecule has 2 heterocycles. The van der Waals surface area contributed by atoms with Gasteiger partial charge in [-0.05, 0) is 31.1 Å². The fourth-order valence-electron chi connectivity index (χ4n) is 2.93. The number of anilines is 2. The Kier molecular flexibility index (Phi) is 5.07. The maximum Gasteiger partial charge on any atom is 0.134 e. The van der Waals surface area contributed by atoms with Crippen molar-refractivity contribution in [3.8, 4) is 0 Å². The Balaban J connectivity index is 2.19. The van der Waals surface area contributed by atoms with Gasteiger partial charge in [0.1, 0.15) is 17.5 Å². The second kappa shape index (κ2) is 6.63. The van der Waals surface area contributed by atoms with Gasteiger partial charge in [0, 0.05) is 32.1 Å². The first-order valence-electron chi connectivity index (χ1n) is 8.30. The van der Waals surface area contributed by atoms with Crippen molar-refractivity contribution < 1.29 is 0 Å². The van der Waals surface area contributed by atoms with Gasteiger partial charge in [-0.1, -0.05) is 27.7 Å². The molecule has 1 fully saturated rings. The quantitative estimate of drug-likeness (QED) is 0.897. The number of hydrogen-bond acceptors (Lipinski definition) is 4. The molecule has 1 unspecified atom stereocenters. The smallest absolute Gasteiger partial charge is 0.134 e. The standard InChI is InChI=1S/C17H30N4/c1-6-8-14-19-15(18-7-2)11-16(20-14)21-10-9-13(12-21)17(3,4)5/h11,13H,6-10,12H2,1-5H3,(H,18,19,20). The molecule has 0 aliphatic carbocycles. The van der Waals surface area contributed by atoms with Gasteiger partial charge in [0.2, 0.25) is 0 Å². The van der Waals surface area contributed by atoms with Gasteiger partial charge in [-0.25, -0.2) is 9.97 Å². The first-order valence-corrected chi connectivity index (χ1v) is 8.30. The van der Waals surface area contributed by atoms with E-state index in [9.17, 15) is 0 Å². The van der Waals surface area contributed by atoms with Crippen molar-refractivity contribution in [2.24, 2.45) is 11.3 Å². The average Bonchev–Trinajstić information content (AvgIpc) is 2.88. The third-order valence-electron chi connectivity index (χ3n) is 4.33. The summed E-state index contributed by atoms with van der Waals surface area (Å²) in [7, 11) is 0. The van der Waals surface area contributed by atoms with Crippen molar-refractivity contribution in [1.82, 2.24) is 9.97 Å². The zero-order valence-corrected chi connectivity index (χ0v) is 14.2. The maximum absolute atomic E-state index is 4.78. The number of hydrogen-bond donors (Lipinski definition) is 1. The molecule has 1 aromatic heterocycles. The fourth-order valence-corrected chi connectivity index (χ4v) is 2.93. The van der Waals surface area contributed by atoms with Crippen LogP contribution in [-0.2, 0) is 6.42 Å². The van der Waals surface area contributed by atoms with E-state index in [1.807, 2.05) is 0 Å². The Bertz CT molecular complexity index is 440. The minimum atomic E-state index is 0.374. The Morgan fingerprint density at radius 2 is 2.05 bits per heavy atom. The third-order valence-corrected chi connectivity index (χ3v) is 4.33. The van der Waals surface area contributed by atoms with Crippen LogP contribution in [0.2, 0.25) is 0 Å². The summed E-state index contributed by atoms with van der Waals surface area (Å²) in [6, 6.07) is 2.10. The van der Waals surface area contributed by atoms with Crippen molar-refractivity contribution in [2.75, 3.05) is 29.9 Å². The molecule has 0 bridgehead atoms. The van der Waals surface area contributed by atoms with Gasteiger partial charge in [0.25, 0.3) is 0 Å². The SMILES string of the molecule is CCCc1nc(NCC)cc(N2CCC(C(C)(C)C)C2)n1. The Morgan fingerprint density at radius 1 is 1.29 bits per heavy atom. The second-order valence-corrected chi connectivity index (χ2v) is 7.11. The summed E-state index contributed by atoms with van der Waals surface area (Å²) in [6.07, 6.45) is 3.29. The summed E-state index contributed by atoms with van der Waals surface area (Å²) in [5.74, 6) is 3.76. The minimum Gasteiger partial charge on any atom is -0.370 e. The topological polar surface area (TPSA) is 41.1 Å². The van der Waals surface area contributed by atoms with Crippen LogP contribution in [-0.4, -0.2) is 29.6 Å². The van der Waals surface area contributed by atoms with Crippen molar-refractivity contribution in [3.63, 3.8) is 0 Å². The zero-order chi connectivity index (χ0) is 15.5. The summed E-state index contributed by atoms with van der Waals surface area (Å²) in [5, 5.41) is 3.33. The largest absolute Gasteiger partial charge is 0.370 e. The molecule has 2 rings (SSSR count). The molecule has 1 aliphatic heterocycles. The van der Waals surface area contributed by atoms with Crippen LogP contribution in [0.1, 0.15) is 53.3 Å². The monoisotopic (exact) mass is 290 g/mol. The minimum absolute atomic E-state index is 0.374. The van der Waals surface area contributed by atoms with E-state index in [2.05, 4.69) is 55.9 Å². The van der Waals surface area contributed by atoms with Crippen LogP contribution in [0.4, 0.5) is 11.6 Å². The van der Waals surface area contributed by atoms with E-state index in [1.165, 1.54) is 6.42 Å². The highest BCUT2D eigenvalue weighted by atomic mass is 15.2. The number of nitrogens with one attached hydrogen (secondary N) is 1. The summed E-state index contributed by atoms with van der Waals surface area (Å²) in [5.41, 5.74) is 0.374. The van der Waals surface area contributed by atoms with Gasteiger partial charge in [0.15, 0.2) is 0 Å². The molecular formula is C17H30N4. The molecule has 0 saturated carbocycles. The van der Waals surface area contributed by atoms with Gasteiger partial charge >= 0.3 is 0 Å². The first-order chi connectivity index (χ1) is 9.94. The lowest BCUT2D eigenvalue weighted by atomic mass is 9.80. The molecule has 21 heavy (non-hydrogen) atoms. The van der Waals surface area contributed by atoms with E-state index >= 15 is 0 Å². The van der Waals surface area contributed by atoms with Crippen molar-refractivity contribution >= 4 is 11.6 Å². The predicted octanol–water partition coefficient (Wildman–Crippen LogP) is 3.73. The highest BCUT2D eigenvalue weighted by Gasteiger charge is 2.32. The average molecular weight is 290 g/mol. The van der Waals surface area contributed by atoms with Crippen LogP contribution in [0.15, 0.2) is 6.07 Å². The number of aromatic nitrogens is 2. The predicted molar refractivity (Wildman–Crippen MR) is 90.0 cm³/mol. The van der Waals surface area contributed by atoms with Gasteiger partial charge < -0.3 is 10.2 Å². The van der Waals surface area contributed by atoms with Crippen LogP contribution in [0.25, 0.3) is 0 Å². The number of rotatable bonds is 5. The highest BCUT2D eigenvalue weighted by Crippen LogP contribution is 2.35. The van der Waals surface area contributed by atoms with Crippen molar-refractivity contribution in [3.05, 3.63) is 11.9 Å². The van der Waals surface area contributed by atoms with E-state index in [4.69, 9.17) is 4.98 Å². The normalized spacial score (nSPS) is 19.1. The van der Waals surface area contributed by atoms with Crippen LogP contribution in [0.3, 0.4) is 0 Å². The molecule has 1 atom stereocenters. The lowest BCUT2D eigenvalue weighted by Crippen LogP contribution is -2.26. The summed E-state index contributed by atoms with van der Waals surface area (Å²) >= 11 is 0. The third kappa shape index (κ3) is 4.08. The molecule has 1 aliphatic rings. The zero-order valence-electron chi connectivity index (χ0n) is 14.2. The summed E-state index contributed by atoms with van der Waals surface area (Å²) in [4.78, 5) is 11.8. The molecule has 4 heteroatoms. The Hall–Kier alpha value is -1.32. The lowest BCUT2D eigenvalue weighted by molar-refractivity contribution is 0.263. The molecule has 4 nitrogen and oxygen atoms in total.